The second-order valence-corrected chi connectivity index (χ2v) is 6.07. The maximum atomic E-state index is 4.19. The molecule has 0 aromatic heterocycles. The van der Waals surface area contributed by atoms with Gasteiger partial charge in [-0.05, 0) is 37.1 Å². The summed E-state index contributed by atoms with van der Waals surface area (Å²) in [5, 5.41) is 3.42. The van der Waals surface area contributed by atoms with Gasteiger partial charge in [0.15, 0.2) is 0 Å². The van der Waals surface area contributed by atoms with Crippen LogP contribution in [0, 0.1) is 17.8 Å². The fraction of sp³-hybridized carbons (Fsp3) is 1.00. The van der Waals surface area contributed by atoms with Crippen LogP contribution in [-0.2, 0) is 0 Å². The Bertz CT molecular complexity index is 172. The third kappa shape index (κ3) is 5.58. The van der Waals surface area contributed by atoms with Gasteiger partial charge in [-0.2, -0.15) is 12.6 Å². The molecule has 96 valence electrons. The van der Waals surface area contributed by atoms with Gasteiger partial charge in [-0.1, -0.05) is 39.5 Å². The van der Waals surface area contributed by atoms with E-state index >= 15 is 0 Å². The minimum absolute atomic E-state index is 0.956. The van der Waals surface area contributed by atoms with E-state index in [4.69, 9.17) is 0 Å². The SMILES string of the molecule is CC1CCC(C)C(CCCCNCCS)C1. The largest absolute Gasteiger partial charge is 0.316 e. The Hall–Kier alpha value is 0.310. The third-order valence-electron chi connectivity index (χ3n) is 4.09. The van der Waals surface area contributed by atoms with Crippen LogP contribution >= 0.6 is 12.6 Å². The summed E-state index contributed by atoms with van der Waals surface area (Å²) in [6.07, 6.45) is 8.59. The Labute approximate surface area is 107 Å². The Morgan fingerprint density at radius 3 is 2.69 bits per heavy atom. The van der Waals surface area contributed by atoms with E-state index in [-0.39, 0.29) is 0 Å². The van der Waals surface area contributed by atoms with Crippen LogP contribution in [-0.4, -0.2) is 18.8 Å². The van der Waals surface area contributed by atoms with E-state index in [0.29, 0.717) is 0 Å². The molecule has 0 amide bonds. The van der Waals surface area contributed by atoms with E-state index in [1.807, 2.05) is 0 Å². The van der Waals surface area contributed by atoms with E-state index in [2.05, 4.69) is 31.8 Å². The Morgan fingerprint density at radius 1 is 1.12 bits per heavy atom. The van der Waals surface area contributed by atoms with E-state index in [1.54, 1.807) is 0 Å². The second kappa shape index (κ2) is 8.41. The zero-order valence-electron chi connectivity index (χ0n) is 11.0. The Kier molecular flexibility index (Phi) is 7.55. The molecule has 0 aromatic rings. The Balaban J connectivity index is 2.02. The summed E-state index contributed by atoms with van der Waals surface area (Å²) in [4.78, 5) is 0. The lowest BCUT2D eigenvalue weighted by Crippen LogP contribution is -2.22. The molecule has 2 heteroatoms. The number of unbranched alkanes of at least 4 members (excludes halogenated alkanes) is 1. The van der Waals surface area contributed by atoms with Crippen molar-refractivity contribution >= 4 is 12.6 Å². The first-order valence-corrected chi connectivity index (χ1v) is 7.69. The summed E-state index contributed by atoms with van der Waals surface area (Å²) >= 11 is 4.19. The van der Waals surface area contributed by atoms with Crippen LogP contribution < -0.4 is 5.32 Å². The van der Waals surface area contributed by atoms with Crippen LogP contribution in [0.1, 0.15) is 52.4 Å². The van der Waals surface area contributed by atoms with Crippen molar-refractivity contribution in [1.82, 2.24) is 5.32 Å². The quantitative estimate of drug-likeness (QED) is 0.513. The molecule has 1 fully saturated rings. The smallest absolute Gasteiger partial charge is 0.00397 e. The van der Waals surface area contributed by atoms with Gasteiger partial charge in [-0.3, -0.25) is 0 Å². The van der Waals surface area contributed by atoms with Gasteiger partial charge >= 0.3 is 0 Å². The first kappa shape index (κ1) is 14.4. The standard InChI is InChI=1S/C14H29NS/c1-12-6-7-13(2)14(11-12)5-3-4-8-15-9-10-16/h12-16H,3-11H2,1-2H3. The summed E-state index contributed by atoms with van der Waals surface area (Å²) in [5.41, 5.74) is 0. The zero-order valence-corrected chi connectivity index (χ0v) is 11.9. The fourth-order valence-electron chi connectivity index (χ4n) is 2.91. The Morgan fingerprint density at radius 2 is 1.94 bits per heavy atom. The molecule has 0 radical (unpaired) electrons. The molecule has 1 saturated carbocycles. The molecule has 3 unspecified atom stereocenters. The van der Waals surface area contributed by atoms with Gasteiger partial charge in [0.25, 0.3) is 0 Å². The number of nitrogens with one attached hydrogen (secondary N) is 1. The summed E-state index contributed by atoms with van der Waals surface area (Å²) < 4.78 is 0. The van der Waals surface area contributed by atoms with E-state index < -0.39 is 0 Å². The van der Waals surface area contributed by atoms with Gasteiger partial charge in [0.2, 0.25) is 0 Å². The third-order valence-corrected chi connectivity index (χ3v) is 4.32. The van der Waals surface area contributed by atoms with Crippen LogP contribution in [0.2, 0.25) is 0 Å². The lowest BCUT2D eigenvalue weighted by molar-refractivity contribution is 0.189. The van der Waals surface area contributed by atoms with Gasteiger partial charge in [0, 0.05) is 12.3 Å². The number of hydrogen-bond acceptors (Lipinski definition) is 2. The molecule has 0 aliphatic heterocycles. The predicted octanol–water partition coefficient (Wildman–Crippen LogP) is 3.75. The molecule has 0 saturated heterocycles. The maximum Gasteiger partial charge on any atom is 0.00397 e. The highest BCUT2D eigenvalue weighted by atomic mass is 32.1. The van der Waals surface area contributed by atoms with Crippen LogP contribution in [0.3, 0.4) is 0 Å². The molecule has 0 heterocycles. The molecule has 0 bridgehead atoms. The highest BCUT2D eigenvalue weighted by molar-refractivity contribution is 7.80. The molecule has 16 heavy (non-hydrogen) atoms. The molecule has 0 spiro atoms. The molecular weight excluding hydrogens is 214 g/mol. The van der Waals surface area contributed by atoms with Crippen molar-refractivity contribution in [1.29, 1.82) is 0 Å². The van der Waals surface area contributed by atoms with Crippen molar-refractivity contribution in [3.8, 4) is 0 Å². The number of rotatable bonds is 7. The molecule has 1 N–H and O–H groups in total. The normalized spacial score (nSPS) is 30.6. The van der Waals surface area contributed by atoms with Gasteiger partial charge in [-0.25, -0.2) is 0 Å². The van der Waals surface area contributed by atoms with Gasteiger partial charge in [-0.15, -0.1) is 0 Å². The molecule has 1 aliphatic rings. The highest BCUT2D eigenvalue weighted by Crippen LogP contribution is 2.36. The fourth-order valence-corrected chi connectivity index (χ4v) is 3.07. The van der Waals surface area contributed by atoms with Crippen LogP contribution in [0.15, 0.2) is 0 Å². The minimum atomic E-state index is 0.956. The van der Waals surface area contributed by atoms with Crippen LogP contribution in [0.5, 0.6) is 0 Å². The van der Waals surface area contributed by atoms with Gasteiger partial charge in [0.1, 0.15) is 0 Å². The topological polar surface area (TPSA) is 12.0 Å². The van der Waals surface area contributed by atoms with Crippen molar-refractivity contribution in [2.45, 2.75) is 52.4 Å². The molecule has 1 nitrogen and oxygen atoms in total. The van der Waals surface area contributed by atoms with Crippen LogP contribution in [0.4, 0.5) is 0 Å². The predicted molar refractivity (Wildman–Crippen MR) is 76.2 cm³/mol. The summed E-state index contributed by atoms with van der Waals surface area (Å²) in [6, 6.07) is 0. The van der Waals surface area contributed by atoms with Gasteiger partial charge < -0.3 is 5.32 Å². The monoisotopic (exact) mass is 243 g/mol. The van der Waals surface area contributed by atoms with E-state index in [0.717, 1.165) is 30.1 Å². The molecule has 0 aromatic carbocycles. The van der Waals surface area contributed by atoms with Crippen molar-refractivity contribution in [2.24, 2.45) is 17.8 Å². The lowest BCUT2D eigenvalue weighted by Gasteiger charge is -2.32. The first-order chi connectivity index (χ1) is 7.74. The number of thiol groups is 1. The lowest BCUT2D eigenvalue weighted by atomic mass is 9.73. The average molecular weight is 243 g/mol. The van der Waals surface area contributed by atoms with E-state index in [9.17, 15) is 0 Å². The van der Waals surface area contributed by atoms with Crippen molar-refractivity contribution in [3.63, 3.8) is 0 Å². The summed E-state index contributed by atoms with van der Waals surface area (Å²) in [7, 11) is 0. The summed E-state index contributed by atoms with van der Waals surface area (Å²) in [6.45, 7) is 7.11. The van der Waals surface area contributed by atoms with Crippen molar-refractivity contribution in [2.75, 3.05) is 18.8 Å². The molecular formula is C14H29NS. The van der Waals surface area contributed by atoms with Crippen molar-refractivity contribution < 1.29 is 0 Å². The number of hydrogen-bond donors (Lipinski definition) is 2. The molecule has 1 aliphatic carbocycles. The van der Waals surface area contributed by atoms with Gasteiger partial charge in [0.05, 0.1) is 0 Å². The zero-order chi connectivity index (χ0) is 11.8. The van der Waals surface area contributed by atoms with Crippen LogP contribution in [0.25, 0.3) is 0 Å². The molecule has 1 rings (SSSR count). The first-order valence-electron chi connectivity index (χ1n) is 7.05. The summed E-state index contributed by atoms with van der Waals surface area (Å²) in [5.74, 6) is 3.91. The minimum Gasteiger partial charge on any atom is -0.316 e. The maximum absolute atomic E-state index is 4.19. The van der Waals surface area contributed by atoms with Crippen molar-refractivity contribution in [3.05, 3.63) is 0 Å². The van der Waals surface area contributed by atoms with E-state index in [1.165, 1.54) is 45.1 Å². The highest BCUT2D eigenvalue weighted by Gasteiger charge is 2.24. The molecule has 3 atom stereocenters. The average Bonchev–Trinajstić information content (AvgIpc) is 2.28. The second-order valence-electron chi connectivity index (χ2n) is 5.62.